The third kappa shape index (κ3) is 3.66. The second-order valence-corrected chi connectivity index (χ2v) is 4.19. The molecule has 5 heteroatoms. The number of hydrazine groups is 1. The molecule has 0 saturated heterocycles. The maximum absolute atomic E-state index is 11.7. The van der Waals surface area contributed by atoms with Crippen molar-refractivity contribution in [3.63, 3.8) is 0 Å². The number of amides is 1. The number of nitrogens with one attached hydrogen (secondary N) is 1. The highest BCUT2D eigenvalue weighted by Crippen LogP contribution is 2.15. The molecule has 0 atom stereocenters. The van der Waals surface area contributed by atoms with E-state index in [9.17, 15) is 4.79 Å². The van der Waals surface area contributed by atoms with E-state index in [1.807, 2.05) is 5.38 Å². The molecule has 0 aliphatic carbocycles. The van der Waals surface area contributed by atoms with Crippen molar-refractivity contribution in [2.45, 2.75) is 6.42 Å². The van der Waals surface area contributed by atoms with Gasteiger partial charge in [0, 0.05) is 26.1 Å². The van der Waals surface area contributed by atoms with Gasteiger partial charge in [0.15, 0.2) is 0 Å². The summed E-state index contributed by atoms with van der Waals surface area (Å²) < 4.78 is 0. The Bertz CT molecular complexity index is 415. The zero-order valence-corrected chi connectivity index (χ0v) is 10.1. The van der Waals surface area contributed by atoms with E-state index < -0.39 is 0 Å². The zero-order valence-electron chi connectivity index (χ0n) is 9.28. The van der Waals surface area contributed by atoms with E-state index in [1.165, 1.54) is 11.3 Å². The maximum atomic E-state index is 11.7. The van der Waals surface area contributed by atoms with Crippen LogP contribution in [-0.4, -0.2) is 36.7 Å². The molecule has 16 heavy (non-hydrogen) atoms. The Balaban J connectivity index is 2.79. The number of rotatable bonds is 3. The molecule has 86 valence electrons. The van der Waals surface area contributed by atoms with E-state index >= 15 is 0 Å². The Morgan fingerprint density at radius 3 is 3.00 bits per heavy atom. The van der Waals surface area contributed by atoms with Gasteiger partial charge in [-0.25, -0.2) is 5.01 Å². The molecule has 1 heterocycles. The van der Waals surface area contributed by atoms with E-state index in [0.29, 0.717) is 16.9 Å². The van der Waals surface area contributed by atoms with Gasteiger partial charge in [-0.1, -0.05) is 11.8 Å². The molecule has 0 radical (unpaired) electrons. The SMILES string of the molecule is CN(C)NC(=O)c1sccc1C#CCCO. The van der Waals surface area contributed by atoms with Crippen LogP contribution in [0.3, 0.4) is 0 Å². The average molecular weight is 238 g/mol. The average Bonchev–Trinajstić information content (AvgIpc) is 2.65. The van der Waals surface area contributed by atoms with Crippen molar-refractivity contribution in [1.29, 1.82) is 0 Å². The van der Waals surface area contributed by atoms with E-state index in [1.54, 1.807) is 25.2 Å². The van der Waals surface area contributed by atoms with Gasteiger partial charge in [0.1, 0.15) is 4.88 Å². The van der Waals surface area contributed by atoms with Crippen LogP contribution >= 0.6 is 11.3 Å². The molecule has 0 aliphatic heterocycles. The third-order valence-corrected chi connectivity index (χ3v) is 2.57. The summed E-state index contributed by atoms with van der Waals surface area (Å²) in [7, 11) is 3.51. The highest BCUT2D eigenvalue weighted by Gasteiger charge is 2.11. The fourth-order valence-electron chi connectivity index (χ4n) is 1.05. The molecule has 1 rings (SSSR count). The first kappa shape index (κ1) is 12.7. The van der Waals surface area contributed by atoms with Crippen molar-refractivity contribution in [3.05, 3.63) is 21.9 Å². The standard InChI is InChI=1S/C11H14N2O2S/c1-13(2)12-11(15)10-9(6-8-16-10)5-3-4-7-14/h6,8,14H,4,7H2,1-2H3,(H,12,15). The normalized spacial score (nSPS) is 9.75. The second-order valence-electron chi connectivity index (χ2n) is 3.27. The summed E-state index contributed by atoms with van der Waals surface area (Å²) >= 11 is 1.35. The van der Waals surface area contributed by atoms with Crippen LogP contribution in [0.1, 0.15) is 21.7 Å². The highest BCUT2D eigenvalue weighted by atomic mass is 32.1. The molecule has 0 saturated carbocycles. The largest absolute Gasteiger partial charge is 0.395 e. The van der Waals surface area contributed by atoms with E-state index in [2.05, 4.69) is 17.3 Å². The molecular weight excluding hydrogens is 224 g/mol. The van der Waals surface area contributed by atoms with Gasteiger partial charge in [0.2, 0.25) is 0 Å². The third-order valence-electron chi connectivity index (χ3n) is 1.66. The number of carbonyl (C=O) groups excluding carboxylic acids is 1. The molecule has 4 nitrogen and oxygen atoms in total. The predicted octanol–water partition coefficient (Wildman–Crippen LogP) is 0.688. The van der Waals surface area contributed by atoms with Crippen LogP contribution in [0.4, 0.5) is 0 Å². The molecule has 1 aromatic heterocycles. The zero-order chi connectivity index (χ0) is 12.0. The van der Waals surface area contributed by atoms with Crippen molar-refractivity contribution in [1.82, 2.24) is 10.4 Å². The lowest BCUT2D eigenvalue weighted by atomic mass is 10.2. The summed E-state index contributed by atoms with van der Waals surface area (Å²) in [5.41, 5.74) is 3.37. The van der Waals surface area contributed by atoms with Gasteiger partial charge in [-0.3, -0.25) is 10.2 Å². The van der Waals surface area contributed by atoms with Gasteiger partial charge < -0.3 is 5.11 Å². The van der Waals surface area contributed by atoms with Crippen molar-refractivity contribution in [2.24, 2.45) is 0 Å². The first-order chi connectivity index (χ1) is 7.65. The van der Waals surface area contributed by atoms with Crippen LogP contribution in [0.25, 0.3) is 0 Å². The minimum atomic E-state index is -0.159. The fourth-order valence-corrected chi connectivity index (χ4v) is 1.79. The predicted molar refractivity (Wildman–Crippen MR) is 64.1 cm³/mol. The van der Waals surface area contributed by atoms with Gasteiger partial charge in [-0.2, -0.15) is 0 Å². The van der Waals surface area contributed by atoms with Gasteiger partial charge in [0.25, 0.3) is 5.91 Å². The van der Waals surface area contributed by atoms with Gasteiger partial charge in [-0.05, 0) is 11.4 Å². The molecule has 0 spiro atoms. The quantitative estimate of drug-likeness (QED) is 0.601. The van der Waals surface area contributed by atoms with Crippen LogP contribution in [-0.2, 0) is 0 Å². The summed E-state index contributed by atoms with van der Waals surface area (Å²) in [4.78, 5) is 12.3. The van der Waals surface area contributed by atoms with Crippen molar-refractivity contribution < 1.29 is 9.90 Å². The highest BCUT2D eigenvalue weighted by molar-refractivity contribution is 7.12. The lowest BCUT2D eigenvalue weighted by Crippen LogP contribution is -2.35. The number of carbonyl (C=O) groups is 1. The minimum Gasteiger partial charge on any atom is -0.395 e. The lowest BCUT2D eigenvalue weighted by Gasteiger charge is -2.10. The number of nitrogens with zero attached hydrogens (tertiary/aromatic N) is 1. The van der Waals surface area contributed by atoms with Crippen LogP contribution < -0.4 is 5.43 Å². The van der Waals surface area contributed by atoms with Gasteiger partial charge >= 0.3 is 0 Å². The molecule has 0 unspecified atom stereocenters. The summed E-state index contributed by atoms with van der Waals surface area (Å²) in [5.74, 6) is 5.51. The van der Waals surface area contributed by atoms with Crippen molar-refractivity contribution in [3.8, 4) is 11.8 Å². The lowest BCUT2D eigenvalue weighted by molar-refractivity contribution is 0.0861. The smallest absolute Gasteiger partial charge is 0.276 e. The number of hydrogen-bond acceptors (Lipinski definition) is 4. The Hall–Kier alpha value is -1.35. The van der Waals surface area contributed by atoms with Crippen LogP contribution in [0.15, 0.2) is 11.4 Å². The van der Waals surface area contributed by atoms with E-state index in [4.69, 9.17) is 5.11 Å². The molecule has 1 aromatic rings. The fraction of sp³-hybridized carbons (Fsp3) is 0.364. The summed E-state index contributed by atoms with van der Waals surface area (Å²) in [5, 5.41) is 12.0. The van der Waals surface area contributed by atoms with E-state index in [0.717, 1.165) is 0 Å². The van der Waals surface area contributed by atoms with Crippen LogP contribution in [0.2, 0.25) is 0 Å². The summed E-state index contributed by atoms with van der Waals surface area (Å²) in [6.07, 6.45) is 0.421. The van der Waals surface area contributed by atoms with Crippen molar-refractivity contribution in [2.75, 3.05) is 20.7 Å². The minimum absolute atomic E-state index is 0.0381. The summed E-state index contributed by atoms with van der Waals surface area (Å²) in [6, 6.07) is 1.81. The Kier molecular flexibility index (Phi) is 4.99. The second kappa shape index (κ2) is 6.28. The van der Waals surface area contributed by atoms with Crippen LogP contribution in [0, 0.1) is 11.8 Å². The van der Waals surface area contributed by atoms with Gasteiger partial charge in [0.05, 0.1) is 6.61 Å². The molecular formula is C11H14N2O2S. The number of aliphatic hydroxyl groups excluding tert-OH is 1. The summed E-state index contributed by atoms with van der Waals surface area (Å²) in [6.45, 7) is 0.0381. The van der Waals surface area contributed by atoms with Crippen molar-refractivity contribution >= 4 is 17.2 Å². The Morgan fingerprint density at radius 1 is 1.62 bits per heavy atom. The molecule has 2 N–H and O–H groups in total. The first-order valence-corrected chi connectivity index (χ1v) is 5.68. The molecule has 0 aliphatic rings. The van der Waals surface area contributed by atoms with Gasteiger partial charge in [-0.15, -0.1) is 11.3 Å². The Labute approximate surface area is 98.9 Å². The van der Waals surface area contributed by atoms with E-state index in [-0.39, 0.29) is 12.5 Å². The monoisotopic (exact) mass is 238 g/mol. The maximum Gasteiger partial charge on any atom is 0.276 e. The topological polar surface area (TPSA) is 52.6 Å². The molecule has 1 amide bonds. The molecule has 0 bridgehead atoms. The number of hydrogen-bond donors (Lipinski definition) is 2. The number of aliphatic hydroxyl groups is 1. The number of thiophene rings is 1. The Morgan fingerprint density at radius 2 is 2.38 bits per heavy atom. The van der Waals surface area contributed by atoms with Crippen LogP contribution in [0.5, 0.6) is 0 Å². The molecule has 0 aromatic carbocycles. The molecule has 0 fully saturated rings. The first-order valence-electron chi connectivity index (χ1n) is 4.80.